The molecule has 6 heteroatoms. The molecule has 154 valence electrons. The SMILES string of the molecule is CCc1ccc2c(c1)c(C)c(C(=O)Nc1nc(-c3ccc(OC)cc3)cs1)n2CC. The number of aromatic nitrogens is 2. The smallest absolute Gasteiger partial charge is 0.274 e. The first kappa shape index (κ1) is 20.2. The Hall–Kier alpha value is -3.12. The molecule has 2 aromatic carbocycles. The molecule has 0 aliphatic rings. The molecule has 0 unspecified atom stereocenters. The van der Waals surface area contributed by atoms with E-state index in [2.05, 4.69) is 46.9 Å². The average molecular weight is 420 g/mol. The fourth-order valence-electron chi connectivity index (χ4n) is 3.79. The summed E-state index contributed by atoms with van der Waals surface area (Å²) in [4.78, 5) is 17.8. The zero-order chi connectivity index (χ0) is 21.3. The number of carbonyl (C=O) groups is 1. The Morgan fingerprint density at radius 2 is 1.93 bits per heavy atom. The van der Waals surface area contributed by atoms with Crippen LogP contribution < -0.4 is 10.1 Å². The van der Waals surface area contributed by atoms with E-state index >= 15 is 0 Å². The summed E-state index contributed by atoms with van der Waals surface area (Å²) in [5.74, 6) is 0.677. The minimum atomic E-state index is -0.126. The maximum absolute atomic E-state index is 13.2. The molecule has 2 aromatic heterocycles. The highest BCUT2D eigenvalue weighted by Gasteiger charge is 2.21. The van der Waals surface area contributed by atoms with Crippen LogP contribution in [-0.2, 0) is 13.0 Å². The van der Waals surface area contributed by atoms with Gasteiger partial charge in [0, 0.05) is 28.4 Å². The Morgan fingerprint density at radius 3 is 2.60 bits per heavy atom. The first-order chi connectivity index (χ1) is 14.5. The number of thiazole rings is 1. The molecule has 0 spiro atoms. The number of amides is 1. The number of benzene rings is 2. The molecule has 0 atom stereocenters. The third-order valence-corrected chi connectivity index (χ3v) is 6.19. The van der Waals surface area contributed by atoms with Gasteiger partial charge in [0.1, 0.15) is 11.4 Å². The highest BCUT2D eigenvalue weighted by Crippen LogP contribution is 2.30. The van der Waals surface area contributed by atoms with Crippen molar-refractivity contribution < 1.29 is 9.53 Å². The first-order valence-corrected chi connectivity index (χ1v) is 11.0. The Bertz CT molecular complexity index is 1210. The van der Waals surface area contributed by atoms with Crippen molar-refractivity contribution in [3.63, 3.8) is 0 Å². The van der Waals surface area contributed by atoms with Gasteiger partial charge in [-0.05, 0) is 67.8 Å². The average Bonchev–Trinajstić information content (AvgIpc) is 3.35. The molecule has 4 aromatic rings. The number of hydrogen-bond donors (Lipinski definition) is 1. The summed E-state index contributed by atoms with van der Waals surface area (Å²) in [5, 5.41) is 6.68. The van der Waals surface area contributed by atoms with E-state index < -0.39 is 0 Å². The molecule has 5 nitrogen and oxygen atoms in total. The highest BCUT2D eigenvalue weighted by atomic mass is 32.1. The van der Waals surface area contributed by atoms with Crippen LogP contribution in [0.2, 0.25) is 0 Å². The van der Waals surface area contributed by atoms with Crippen LogP contribution in [-0.4, -0.2) is 22.6 Å². The summed E-state index contributed by atoms with van der Waals surface area (Å²) in [6.45, 7) is 6.96. The van der Waals surface area contributed by atoms with Crippen molar-refractivity contribution in [2.24, 2.45) is 0 Å². The Labute approximate surface area is 180 Å². The number of methoxy groups -OCH3 is 1. The lowest BCUT2D eigenvalue weighted by atomic mass is 10.1. The van der Waals surface area contributed by atoms with Crippen molar-refractivity contribution in [1.29, 1.82) is 0 Å². The van der Waals surface area contributed by atoms with E-state index in [0.29, 0.717) is 10.8 Å². The molecule has 2 heterocycles. The largest absolute Gasteiger partial charge is 0.497 e. The third-order valence-electron chi connectivity index (χ3n) is 5.43. The molecule has 0 aliphatic carbocycles. The molecule has 0 aliphatic heterocycles. The van der Waals surface area contributed by atoms with Crippen LogP contribution in [0.5, 0.6) is 5.75 Å². The predicted molar refractivity (Wildman–Crippen MR) is 124 cm³/mol. The Kier molecular flexibility index (Phi) is 5.59. The van der Waals surface area contributed by atoms with E-state index in [1.165, 1.54) is 16.9 Å². The fraction of sp³-hybridized carbons (Fsp3) is 0.250. The molecule has 1 amide bonds. The minimum Gasteiger partial charge on any atom is -0.497 e. The van der Waals surface area contributed by atoms with Gasteiger partial charge in [-0.2, -0.15) is 0 Å². The van der Waals surface area contributed by atoms with Crippen molar-refractivity contribution in [2.75, 3.05) is 12.4 Å². The number of ether oxygens (including phenoxy) is 1. The monoisotopic (exact) mass is 419 g/mol. The quantitative estimate of drug-likeness (QED) is 0.422. The lowest BCUT2D eigenvalue weighted by Crippen LogP contribution is -2.17. The lowest BCUT2D eigenvalue weighted by Gasteiger charge is -2.08. The van der Waals surface area contributed by atoms with Gasteiger partial charge in [0.25, 0.3) is 5.91 Å². The van der Waals surface area contributed by atoms with E-state index in [-0.39, 0.29) is 5.91 Å². The molecule has 1 N–H and O–H groups in total. The third kappa shape index (κ3) is 3.59. The number of nitrogens with zero attached hydrogens (tertiary/aromatic N) is 2. The molecule has 0 radical (unpaired) electrons. The van der Waals surface area contributed by atoms with Gasteiger partial charge in [0.15, 0.2) is 5.13 Å². The molecular weight excluding hydrogens is 394 g/mol. The number of rotatable bonds is 6. The van der Waals surface area contributed by atoms with E-state index in [0.717, 1.165) is 46.4 Å². The normalized spacial score (nSPS) is 11.1. The maximum Gasteiger partial charge on any atom is 0.274 e. The molecule has 0 saturated carbocycles. The van der Waals surface area contributed by atoms with Crippen molar-refractivity contribution in [2.45, 2.75) is 33.7 Å². The van der Waals surface area contributed by atoms with Crippen LogP contribution in [0, 0.1) is 6.92 Å². The summed E-state index contributed by atoms with van der Waals surface area (Å²) in [6.07, 6.45) is 0.974. The summed E-state index contributed by atoms with van der Waals surface area (Å²) in [6, 6.07) is 14.2. The van der Waals surface area contributed by atoms with Crippen LogP contribution in [0.25, 0.3) is 22.2 Å². The van der Waals surface area contributed by atoms with E-state index in [1.807, 2.05) is 36.6 Å². The lowest BCUT2D eigenvalue weighted by molar-refractivity contribution is 0.101. The van der Waals surface area contributed by atoms with Crippen LogP contribution in [0.15, 0.2) is 47.8 Å². The topological polar surface area (TPSA) is 56.1 Å². The predicted octanol–water partition coefficient (Wildman–Crippen LogP) is 5.92. The molecule has 30 heavy (non-hydrogen) atoms. The number of carbonyl (C=O) groups excluding carboxylic acids is 1. The summed E-state index contributed by atoms with van der Waals surface area (Å²) in [5.41, 5.74) is 5.88. The second kappa shape index (κ2) is 8.32. The van der Waals surface area contributed by atoms with Crippen molar-refractivity contribution in [3.05, 3.63) is 64.7 Å². The second-order valence-corrected chi connectivity index (χ2v) is 8.00. The number of anilines is 1. The van der Waals surface area contributed by atoms with Gasteiger partial charge < -0.3 is 9.30 Å². The van der Waals surface area contributed by atoms with E-state index in [9.17, 15) is 4.79 Å². The number of fused-ring (bicyclic) bond motifs is 1. The van der Waals surface area contributed by atoms with Gasteiger partial charge in [0.05, 0.1) is 12.8 Å². The molecule has 0 saturated heterocycles. The van der Waals surface area contributed by atoms with E-state index in [1.54, 1.807) is 7.11 Å². The van der Waals surface area contributed by atoms with E-state index in [4.69, 9.17) is 4.74 Å². The van der Waals surface area contributed by atoms with Gasteiger partial charge >= 0.3 is 0 Å². The number of hydrogen-bond acceptors (Lipinski definition) is 4. The van der Waals surface area contributed by atoms with Crippen LogP contribution >= 0.6 is 11.3 Å². The number of nitrogens with one attached hydrogen (secondary N) is 1. The minimum absolute atomic E-state index is 0.126. The first-order valence-electron chi connectivity index (χ1n) is 10.1. The molecule has 4 rings (SSSR count). The van der Waals surface area contributed by atoms with Gasteiger partial charge in [0.2, 0.25) is 0 Å². The zero-order valence-electron chi connectivity index (χ0n) is 17.7. The van der Waals surface area contributed by atoms with Crippen LogP contribution in [0.1, 0.15) is 35.5 Å². The zero-order valence-corrected chi connectivity index (χ0v) is 18.5. The van der Waals surface area contributed by atoms with Crippen molar-refractivity contribution in [1.82, 2.24) is 9.55 Å². The van der Waals surface area contributed by atoms with Crippen molar-refractivity contribution in [3.8, 4) is 17.0 Å². The van der Waals surface area contributed by atoms with Gasteiger partial charge in [-0.25, -0.2) is 4.98 Å². The second-order valence-electron chi connectivity index (χ2n) is 7.14. The molecule has 0 bridgehead atoms. The van der Waals surface area contributed by atoms with Crippen LogP contribution in [0.3, 0.4) is 0 Å². The van der Waals surface area contributed by atoms with Gasteiger partial charge in [-0.1, -0.05) is 13.0 Å². The molecular formula is C24H25N3O2S. The maximum atomic E-state index is 13.2. The Balaban J connectivity index is 1.63. The van der Waals surface area contributed by atoms with Crippen molar-refractivity contribution >= 4 is 33.3 Å². The summed E-state index contributed by atoms with van der Waals surface area (Å²) < 4.78 is 7.29. The summed E-state index contributed by atoms with van der Waals surface area (Å²) in [7, 11) is 1.64. The Morgan fingerprint density at radius 1 is 1.17 bits per heavy atom. The van der Waals surface area contributed by atoms with Crippen LogP contribution in [0.4, 0.5) is 5.13 Å². The molecule has 0 fully saturated rings. The highest BCUT2D eigenvalue weighted by molar-refractivity contribution is 7.14. The number of aryl methyl sites for hydroxylation is 3. The standard InChI is InChI=1S/C24H25N3O2S/c1-5-16-7-12-21-19(13-16)15(3)22(27(21)6-2)23(28)26-24-25-20(14-30-24)17-8-10-18(29-4)11-9-17/h7-14H,5-6H2,1-4H3,(H,25,26,28). The van der Waals surface area contributed by atoms with Gasteiger partial charge in [-0.3, -0.25) is 10.1 Å². The fourth-order valence-corrected chi connectivity index (χ4v) is 4.51. The van der Waals surface area contributed by atoms with Gasteiger partial charge in [-0.15, -0.1) is 11.3 Å². The summed E-state index contributed by atoms with van der Waals surface area (Å²) >= 11 is 1.43.